The average molecular weight is 425 g/mol. The second-order valence-electron chi connectivity index (χ2n) is 4.94. The quantitative estimate of drug-likeness (QED) is 0.425. The molecule has 5 heteroatoms. The van der Waals surface area contributed by atoms with Crippen LogP contribution in [0, 0.1) is 0 Å². The van der Waals surface area contributed by atoms with Gasteiger partial charge >= 0.3 is 0 Å². The lowest BCUT2D eigenvalue weighted by molar-refractivity contribution is 0.414. The molecule has 0 aliphatic carbocycles. The molecule has 0 spiro atoms. The van der Waals surface area contributed by atoms with Gasteiger partial charge in [0.05, 0.1) is 7.11 Å². The van der Waals surface area contributed by atoms with Gasteiger partial charge in [0, 0.05) is 20.1 Å². The van der Waals surface area contributed by atoms with Crippen LogP contribution in [-0.4, -0.2) is 26.7 Å². The maximum Gasteiger partial charge on any atom is 0.191 e. The Morgan fingerprint density at radius 2 is 1.74 bits per heavy atom. The summed E-state index contributed by atoms with van der Waals surface area (Å²) in [6.07, 6.45) is 0.973. The molecule has 2 aromatic carbocycles. The van der Waals surface area contributed by atoms with E-state index in [2.05, 4.69) is 46.0 Å². The number of aliphatic imine (C=N–C) groups is 1. The lowest BCUT2D eigenvalue weighted by Crippen LogP contribution is -2.37. The minimum atomic E-state index is 0. The molecular weight excluding hydrogens is 401 g/mol. The number of methoxy groups -OCH3 is 1. The molecule has 0 aromatic heterocycles. The first-order valence-electron chi connectivity index (χ1n) is 7.43. The Hall–Kier alpha value is -1.76. The molecule has 0 saturated heterocycles. The van der Waals surface area contributed by atoms with Crippen LogP contribution in [0.15, 0.2) is 59.6 Å². The smallest absolute Gasteiger partial charge is 0.191 e. The van der Waals surface area contributed by atoms with E-state index in [1.807, 2.05) is 24.3 Å². The van der Waals surface area contributed by atoms with E-state index in [4.69, 9.17) is 4.74 Å². The predicted molar refractivity (Wildman–Crippen MR) is 107 cm³/mol. The Labute approximate surface area is 155 Å². The summed E-state index contributed by atoms with van der Waals surface area (Å²) < 4.78 is 5.23. The third-order valence-electron chi connectivity index (χ3n) is 3.37. The second-order valence-corrected chi connectivity index (χ2v) is 4.94. The summed E-state index contributed by atoms with van der Waals surface area (Å²) in [6.45, 7) is 1.56. The van der Waals surface area contributed by atoms with Gasteiger partial charge < -0.3 is 15.4 Å². The number of guanidine groups is 1. The van der Waals surface area contributed by atoms with Crippen molar-refractivity contribution in [2.75, 3.05) is 20.7 Å². The molecule has 0 unspecified atom stereocenters. The Morgan fingerprint density at radius 1 is 1.00 bits per heavy atom. The van der Waals surface area contributed by atoms with E-state index in [0.29, 0.717) is 6.54 Å². The van der Waals surface area contributed by atoms with Crippen molar-refractivity contribution >= 4 is 29.9 Å². The van der Waals surface area contributed by atoms with Crippen molar-refractivity contribution in [1.82, 2.24) is 10.6 Å². The molecule has 2 rings (SSSR count). The monoisotopic (exact) mass is 425 g/mol. The fourth-order valence-electron chi connectivity index (χ4n) is 2.16. The third-order valence-corrected chi connectivity index (χ3v) is 3.37. The highest BCUT2D eigenvalue weighted by Gasteiger charge is 2.00. The van der Waals surface area contributed by atoms with Crippen molar-refractivity contribution in [3.63, 3.8) is 0 Å². The summed E-state index contributed by atoms with van der Waals surface area (Å²) in [7, 11) is 3.46. The van der Waals surface area contributed by atoms with Crippen molar-refractivity contribution in [2.45, 2.75) is 13.0 Å². The summed E-state index contributed by atoms with van der Waals surface area (Å²) >= 11 is 0. The Bertz CT molecular complexity index is 602. The molecular formula is C18H24IN3O. The van der Waals surface area contributed by atoms with Crippen LogP contribution in [-0.2, 0) is 13.0 Å². The minimum Gasteiger partial charge on any atom is -0.497 e. The van der Waals surface area contributed by atoms with Gasteiger partial charge in [-0.2, -0.15) is 0 Å². The van der Waals surface area contributed by atoms with Crippen molar-refractivity contribution in [1.29, 1.82) is 0 Å². The molecule has 0 radical (unpaired) electrons. The van der Waals surface area contributed by atoms with Gasteiger partial charge in [0.15, 0.2) is 5.96 Å². The van der Waals surface area contributed by atoms with Crippen LogP contribution in [0.2, 0.25) is 0 Å². The predicted octanol–water partition coefficient (Wildman–Crippen LogP) is 3.22. The fourth-order valence-corrected chi connectivity index (χ4v) is 2.16. The van der Waals surface area contributed by atoms with Gasteiger partial charge in [0.2, 0.25) is 0 Å². The topological polar surface area (TPSA) is 45.7 Å². The van der Waals surface area contributed by atoms with Crippen molar-refractivity contribution in [2.24, 2.45) is 4.99 Å². The van der Waals surface area contributed by atoms with Gasteiger partial charge in [-0.05, 0) is 29.7 Å². The highest BCUT2D eigenvalue weighted by molar-refractivity contribution is 14.0. The van der Waals surface area contributed by atoms with Crippen molar-refractivity contribution < 1.29 is 4.74 Å². The van der Waals surface area contributed by atoms with Crippen LogP contribution >= 0.6 is 24.0 Å². The summed E-state index contributed by atoms with van der Waals surface area (Å²) in [5.41, 5.74) is 2.48. The highest BCUT2D eigenvalue weighted by Crippen LogP contribution is 2.11. The van der Waals surface area contributed by atoms with E-state index in [1.165, 1.54) is 5.56 Å². The Kier molecular flexibility index (Phi) is 9.12. The molecule has 0 aliphatic heterocycles. The van der Waals surface area contributed by atoms with Crippen LogP contribution < -0.4 is 15.4 Å². The normalized spacial score (nSPS) is 10.6. The van der Waals surface area contributed by atoms with Crippen LogP contribution in [0.25, 0.3) is 0 Å². The summed E-state index contributed by atoms with van der Waals surface area (Å²) in [6, 6.07) is 18.4. The van der Waals surface area contributed by atoms with Gasteiger partial charge in [0.1, 0.15) is 5.75 Å². The molecule has 0 amide bonds. The third kappa shape index (κ3) is 6.90. The van der Waals surface area contributed by atoms with E-state index in [0.717, 1.165) is 30.2 Å². The Morgan fingerprint density at radius 3 is 2.43 bits per heavy atom. The minimum absolute atomic E-state index is 0. The van der Waals surface area contributed by atoms with Crippen LogP contribution in [0.1, 0.15) is 11.1 Å². The molecule has 4 nitrogen and oxygen atoms in total. The van der Waals surface area contributed by atoms with Crippen LogP contribution in [0.3, 0.4) is 0 Å². The molecule has 23 heavy (non-hydrogen) atoms. The number of nitrogens with one attached hydrogen (secondary N) is 2. The largest absolute Gasteiger partial charge is 0.497 e. The number of ether oxygens (including phenoxy) is 1. The lowest BCUT2D eigenvalue weighted by Gasteiger charge is -2.12. The van der Waals surface area contributed by atoms with Crippen molar-refractivity contribution in [3.05, 3.63) is 65.7 Å². The number of hydrogen-bond acceptors (Lipinski definition) is 2. The maximum absolute atomic E-state index is 5.23. The number of nitrogens with zero attached hydrogens (tertiary/aromatic N) is 1. The number of rotatable bonds is 6. The zero-order valence-corrected chi connectivity index (χ0v) is 15.9. The number of benzene rings is 2. The molecule has 0 fully saturated rings. The Balaban J connectivity index is 0.00000264. The van der Waals surface area contributed by atoms with Gasteiger partial charge in [0.25, 0.3) is 0 Å². The molecule has 124 valence electrons. The highest BCUT2D eigenvalue weighted by atomic mass is 127. The zero-order valence-electron chi connectivity index (χ0n) is 13.6. The first kappa shape index (κ1) is 19.3. The maximum atomic E-state index is 5.23. The molecule has 0 saturated carbocycles. The van der Waals surface area contributed by atoms with Gasteiger partial charge in [-0.1, -0.05) is 42.5 Å². The van der Waals surface area contributed by atoms with E-state index in [1.54, 1.807) is 14.2 Å². The molecule has 0 aliphatic rings. The van der Waals surface area contributed by atoms with Crippen LogP contribution in [0.4, 0.5) is 0 Å². The zero-order chi connectivity index (χ0) is 15.6. The van der Waals surface area contributed by atoms with E-state index < -0.39 is 0 Å². The standard InChI is InChI=1S/C18H23N3O.HI/c1-19-18(20-12-11-15-7-4-3-5-8-15)21-14-16-9-6-10-17(13-16)22-2;/h3-10,13H,11-12,14H2,1-2H3,(H2,19,20,21);1H. The van der Waals surface area contributed by atoms with E-state index >= 15 is 0 Å². The molecule has 2 N–H and O–H groups in total. The van der Waals surface area contributed by atoms with Gasteiger partial charge in [-0.3, -0.25) is 4.99 Å². The molecule has 0 heterocycles. The first-order valence-corrected chi connectivity index (χ1v) is 7.43. The SMILES string of the molecule is CN=C(NCCc1ccccc1)NCc1cccc(OC)c1.I. The first-order chi connectivity index (χ1) is 10.8. The molecule has 2 aromatic rings. The lowest BCUT2D eigenvalue weighted by atomic mass is 10.1. The molecule has 0 atom stereocenters. The second kappa shape index (κ2) is 10.9. The summed E-state index contributed by atoms with van der Waals surface area (Å²) in [4.78, 5) is 4.24. The van der Waals surface area contributed by atoms with Gasteiger partial charge in [-0.25, -0.2) is 0 Å². The summed E-state index contributed by atoms with van der Waals surface area (Å²) in [5.74, 6) is 1.67. The fraction of sp³-hybridized carbons (Fsp3) is 0.278. The van der Waals surface area contributed by atoms with E-state index in [9.17, 15) is 0 Å². The number of hydrogen-bond donors (Lipinski definition) is 2. The van der Waals surface area contributed by atoms with Crippen molar-refractivity contribution in [3.8, 4) is 5.75 Å². The van der Waals surface area contributed by atoms with E-state index in [-0.39, 0.29) is 24.0 Å². The average Bonchev–Trinajstić information content (AvgIpc) is 2.59. The van der Waals surface area contributed by atoms with Crippen LogP contribution in [0.5, 0.6) is 5.75 Å². The summed E-state index contributed by atoms with van der Waals surface area (Å²) in [5, 5.41) is 6.63. The van der Waals surface area contributed by atoms with Gasteiger partial charge in [-0.15, -0.1) is 24.0 Å². The molecule has 0 bridgehead atoms. The number of halogens is 1.